The Labute approximate surface area is 94.9 Å². The summed E-state index contributed by atoms with van der Waals surface area (Å²) in [5.74, 6) is 5.54. The van der Waals surface area contributed by atoms with Crippen molar-refractivity contribution in [3.05, 3.63) is 30.1 Å². The highest BCUT2D eigenvalue weighted by atomic mass is 16.6. The summed E-state index contributed by atoms with van der Waals surface area (Å²) in [4.78, 5) is 4.27. The van der Waals surface area contributed by atoms with E-state index in [2.05, 4.69) is 10.4 Å². The van der Waals surface area contributed by atoms with Gasteiger partial charge < -0.3 is 9.47 Å². The molecule has 5 heteroatoms. The van der Waals surface area contributed by atoms with Crippen LogP contribution < -0.4 is 11.3 Å². The molecule has 5 nitrogen and oxygen atoms in total. The Bertz CT molecular complexity index is 301. The lowest BCUT2D eigenvalue weighted by Crippen LogP contribution is -2.50. The summed E-state index contributed by atoms with van der Waals surface area (Å²) in [5.41, 5.74) is 3.77. The minimum atomic E-state index is 0.000700. The third-order valence-electron chi connectivity index (χ3n) is 2.66. The van der Waals surface area contributed by atoms with E-state index in [0.29, 0.717) is 19.8 Å². The summed E-state index contributed by atoms with van der Waals surface area (Å²) < 4.78 is 11.0. The first-order valence-corrected chi connectivity index (χ1v) is 5.45. The van der Waals surface area contributed by atoms with Gasteiger partial charge in [-0.05, 0) is 12.1 Å². The van der Waals surface area contributed by atoms with Crippen LogP contribution in [0.1, 0.15) is 5.69 Å². The summed E-state index contributed by atoms with van der Waals surface area (Å²) in [5, 5.41) is 0. The monoisotopic (exact) mass is 223 g/mol. The minimum Gasteiger partial charge on any atom is -0.376 e. The van der Waals surface area contributed by atoms with E-state index in [0.717, 1.165) is 12.1 Å². The van der Waals surface area contributed by atoms with Crippen molar-refractivity contribution in [2.24, 2.45) is 5.84 Å². The Morgan fingerprint density at radius 2 is 2.44 bits per heavy atom. The zero-order valence-corrected chi connectivity index (χ0v) is 9.13. The molecule has 1 aromatic heterocycles. The molecule has 1 aliphatic rings. The van der Waals surface area contributed by atoms with Crippen molar-refractivity contribution in [2.45, 2.75) is 18.6 Å². The third kappa shape index (κ3) is 2.99. The molecule has 0 aliphatic carbocycles. The SMILES string of the molecule is NNC(Cc1ccccn1)C1COCCO1. The van der Waals surface area contributed by atoms with Crippen LogP contribution in [0.4, 0.5) is 0 Å². The van der Waals surface area contributed by atoms with Gasteiger partial charge in [0.25, 0.3) is 0 Å². The first-order chi connectivity index (χ1) is 7.90. The number of hydrazine groups is 1. The predicted octanol–water partition coefficient (Wildman–Crippen LogP) is -0.129. The first kappa shape index (κ1) is 11.5. The van der Waals surface area contributed by atoms with Gasteiger partial charge in [-0.2, -0.15) is 0 Å². The molecule has 0 bridgehead atoms. The van der Waals surface area contributed by atoms with Crippen LogP contribution in [0.2, 0.25) is 0 Å². The van der Waals surface area contributed by atoms with Gasteiger partial charge in [0.05, 0.1) is 32.0 Å². The topological polar surface area (TPSA) is 69.4 Å². The van der Waals surface area contributed by atoms with Crippen LogP contribution in [0.5, 0.6) is 0 Å². The van der Waals surface area contributed by atoms with Crippen molar-refractivity contribution in [3.8, 4) is 0 Å². The number of pyridine rings is 1. The van der Waals surface area contributed by atoms with Crippen LogP contribution in [0.3, 0.4) is 0 Å². The fraction of sp³-hybridized carbons (Fsp3) is 0.545. The Hall–Kier alpha value is -1.01. The normalized spacial score (nSPS) is 22.9. The molecule has 1 saturated heterocycles. The fourth-order valence-corrected chi connectivity index (χ4v) is 1.78. The van der Waals surface area contributed by atoms with E-state index in [1.807, 2.05) is 18.2 Å². The lowest BCUT2D eigenvalue weighted by Gasteiger charge is -2.29. The molecule has 0 spiro atoms. The maximum Gasteiger partial charge on any atom is 0.0979 e. The quantitative estimate of drug-likeness (QED) is 0.550. The Morgan fingerprint density at radius 3 is 3.06 bits per heavy atom. The summed E-state index contributed by atoms with van der Waals surface area (Å²) in [6.45, 7) is 1.88. The molecule has 2 heterocycles. The van der Waals surface area contributed by atoms with Crippen molar-refractivity contribution >= 4 is 0 Å². The molecule has 0 amide bonds. The Balaban J connectivity index is 1.94. The van der Waals surface area contributed by atoms with Gasteiger partial charge in [0.15, 0.2) is 0 Å². The van der Waals surface area contributed by atoms with Crippen molar-refractivity contribution in [2.75, 3.05) is 19.8 Å². The average molecular weight is 223 g/mol. The van der Waals surface area contributed by atoms with Gasteiger partial charge in [0.1, 0.15) is 0 Å². The van der Waals surface area contributed by atoms with E-state index in [-0.39, 0.29) is 12.1 Å². The van der Waals surface area contributed by atoms with Gasteiger partial charge in [-0.15, -0.1) is 0 Å². The van der Waals surface area contributed by atoms with Crippen molar-refractivity contribution in [1.29, 1.82) is 0 Å². The first-order valence-electron chi connectivity index (χ1n) is 5.45. The number of aromatic nitrogens is 1. The number of ether oxygens (including phenoxy) is 2. The molecule has 1 fully saturated rings. The van der Waals surface area contributed by atoms with Crippen molar-refractivity contribution in [1.82, 2.24) is 10.4 Å². The molecule has 3 N–H and O–H groups in total. The fourth-order valence-electron chi connectivity index (χ4n) is 1.78. The van der Waals surface area contributed by atoms with Gasteiger partial charge in [-0.1, -0.05) is 6.07 Å². The van der Waals surface area contributed by atoms with E-state index in [4.69, 9.17) is 15.3 Å². The molecule has 0 aromatic carbocycles. The van der Waals surface area contributed by atoms with Gasteiger partial charge in [-0.3, -0.25) is 16.3 Å². The third-order valence-corrected chi connectivity index (χ3v) is 2.66. The average Bonchev–Trinajstić information content (AvgIpc) is 2.38. The molecule has 2 rings (SSSR count). The van der Waals surface area contributed by atoms with Crippen molar-refractivity contribution in [3.63, 3.8) is 0 Å². The molecule has 0 saturated carbocycles. The van der Waals surface area contributed by atoms with Crippen LogP contribution in [0.15, 0.2) is 24.4 Å². The van der Waals surface area contributed by atoms with Crippen LogP contribution in [0.25, 0.3) is 0 Å². The lowest BCUT2D eigenvalue weighted by atomic mass is 10.1. The van der Waals surface area contributed by atoms with Crippen LogP contribution in [-0.4, -0.2) is 37.0 Å². The van der Waals surface area contributed by atoms with Crippen LogP contribution in [0, 0.1) is 0 Å². The predicted molar refractivity (Wildman–Crippen MR) is 59.6 cm³/mol. The zero-order valence-electron chi connectivity index (χ0n) is 9.13. The van der Waals surface area contributed by atoms with E-state index in [1.54, 1.807) is 6.20 Å². The van der Waals surface area contributed by atoms with Gasteiger partial charge in [-0.25, -0.2) is 0 Å². The molecular weight excluding hydrogens is 206 g/mol. The second-order valence-electron chi connectivity index (χ2n) is 3.78. The van der Waals surface area contributed by atoms with Crippen molar-refractivity contribution < 1.29 is 9.47 Å². The van der Waals surface area contributed by atoms with E-state index in [9.17, 15) is 0 Å². The molecule has 16 heavy (non-hydrogen) atoms. The van der Waals surface area contributed by atoms with Crippen LogP contribution in [-0.2, 0) is 15.9 Å². The van der Waals surface area contributed by atoms with Gasteiger partial charge >= 0.3 is 0 Å². The Kier molecular flexibility index (Phi) is 4.24. The molecule has 2 unspecified atom stereocenters. The smallest absolute Gasteiger partial charge is 0.0979 e. The lowest BCUT2D eigenvalue weighted by molar-refractivity contribution is -0.101. The largest absolute Gasteiger partial charge is 0.376 e. The minimum absolute atomic E-state index is 0.000700. The standard InChI is InChI=1S/C11H17N3O2/c12-14-10(11-8-15-5-6-16-11)7-9-3-1-2-4-13-9/h1-4,10-11,14H,5-8,12H2. The highest BCUT2D eigenvalue weighted by molar-refractivity contribution is 5.06. The summed E-state index contributed by atoms with van der Waals surface area (Å²) >= 11 is 0. The molecule has 1 aliphatic heterocycles. The van der Waals surface area contributed by atoms with E-state index < -0.39 is 0 Å². The van der Waals surface area contributed by atoms with Gasteiger partial charge in [0, 0.05) is 18.3 Å². The molecule has 1 aromatic rings. The Morgan fingerprint density at radius 1 is 1.50 bits per heavy atom. The highest BCUT2D eigenvalue weighted by Crippen LogP contribution is 2.09. The number of nitrogens with one attached hydrogen (secondary N) is 1. The summed E-state index contributed by atoms with van der Waals surface area (Å²) in [6.07, 6.45) is 2.52. The molecular formula is C11H17N3O2. The van der Waals surface area contributed by atoms with Gasteiger partial charge in [0.2, 0.25) is 0 Å². The molecule has 88 valence electrons. The second-order valence-corrected chi connectivity index (χ2v) is 3.78. The van der Waals surface area contributed by atoms with E-state index in [1.165, 1.54) is 0 Å². The second kappa shape index (κ2) is 5.91. The van der Waals surface area contributed by atoms with Crippen LogP contribution >= 0.6 is 0 Å². The number of nitrogens with two attached hydrogens (primary N) is 1. The van der Waals surface area contributed by atoms with E-state index >= 15 is 0 Å². The zero-order chi connectivity index (χ0) is 11.2. The number of nitrogens with zero attached hydrogens (tertiary/aromatic N) is 1. The number of hydrogen-bond acceptors (Lipinski definition) is 5. The maximum atomic E-state index is 5.61. The highest BCUT2D eigenvalue weighted by Gasteiger charge is 2.24. The maximum absolute atomic E-state index is 5.61. The number of hydrogen-bond donors (Lipinski definition) is 2. The summed E-state index contributed by atoms with van der Waals surface area (Å²) in [6, 6.07) is 5.88. The summed E-state index contributed by atoms with van der Waals surface area (Å²) in [7, 11) is 0. The number of rotatable bonds is 4. The molecule has 2 atom stereocenters. The molecule has 0 radical (unpaired) electrons.